The van der Waals surface area contributed by atoms with Crippen molar-refractivity contribution in [2.75, 3.05) is 5.32 Å². The van der Waals surface area contributed by atoms with Gasteiger partial charge in [0.25, 0.3) is 0 Å². The maximum Gasteiger partial charge on any atom is 0.471 e. The second-order valence-corrected chi connectivity index (χ2v) is 3.48. The van der Waals surface area contributed by atoms with E-state index in [4.69, 9.17) is 11.6 Å². The van der Waals surface area contributed by atoms with Crippen LogP contribution in [0.5, 0.6) is 5.75 Å². The number of rotatable bonds is 1. The van der Waals surface area contributed by atoms with Gasteiger partial charge in [-0.3, -0.25) is 4.79 Å². The fraction of sp³-hybridized carbons (Fsp3) is 0.222. The lowest BCUT2D eigenvalue weighted by Crippen LogP contribution is -2.29. The van der Waals surface area contributed by atoms with E-state index in [0.29, 0.717) is 0 Å². The molecule has 0 unspecified atom stereocenters. The molecule has 16 heavy (non-hydrogen) atoms. The summed E-state index contributed by atoms with van der Waals surface area (Å²) in [6, 6.07) is 2.22. The highest BCUT2D eigenvalue weighted by Gasteiger charge is 2.38. The number of nitrogens with one attached hydrogen (secondary N) is 1. The Bertz CT molecular complexity index is 408. The fourth-order valence-electron chi connectivity index (χ4n) is 1.01. The number of hydrogen-bond acceptors (Lipinski definition) is 2. The Labute approximate surface area is 93.8 Å². The molecule has 1 rings (SSSR count). The molecule has 0 atom stereocenters. The van der Waals surface area contributed by atoms with Crippen LogP contribution in [0.4, 0.5) is 18.9 Å². The number of anilines is 1. The van der Waals surface area contributed by atoms with Crippen LogP contribution < -0.4 is 5.32 Å². The van der Waals surface area contributed by atoms with Gasteiger partial charge in [0.1, 0.15) is 5.75 Å². The molecule has 2 N–H and O–H groups in total. The van der Waals surface area contributed by atoms with Crippen molar-refractivity contribution < 1.29 is 23.1 Å². The number of alkyl halides is 3. The first-order valence-corrected chi connectivity index (χ1v) is 4.47. The third kappa shape index (κ3) is 2.79. The van der Waals surface area contributed by atoms with Gasteiger partial charge >= 0.3 is 12.1 Å². The highest BCUT2D eigenvalue weighted by Crippen LogP contribution is 2.31. The molecule has 88 valence electrons. The number of benzene rings is 1. The standard InChI is InChI=1S/C9H7ClF3NO2/c1-4-2-5(3-6(10)7(4)15)14-8(16)9(11,12)13/h2-3,15H,1H3,(H,14,16). The van der Waals surface area contributed by atoms with Crippen LogP contribution >= 0.6 is 11.6 Å². The number of phenolic OH excluding ortho intramolecular Hbond substituents is 1. The van der Waals surface area contributed by atoms with Crippen molar-refractivity contribution in [3.63, 3.8) is 0 Å². The van der Waals surface area contributed by atoms with Crippen molar-refractivity contribution in [3.05, 3.63) is 22.7 Å². The number of aryl methyl sites for hydroxylation is 1. The van der Waals surface area contributed by atoms with Gasteiger partial charge < -0.3 is 10.4 Å². The van der Waals surface area contributed by atoms with Gasteiger partial charge in [-0.15, -0.1) is 0 Å². The highest BCUT2D eigenvalue weighted by atomic mass is 35.5. The molecule has 1 aromatic rings. The van der Waals surface area contributed by atoms with Crippen LogP contribution in [0.2, 0.25) is 5.02 Å². The summed E-state index contributed by atoms with van der Waals surface area (Å²) in [5, 5.41) is 10.8. The lowest BCUT2D eigenvalue weighted by Gasteiger charge is -2.10. The van der Waals surface area contributed by atoms with Crippen LogP contribution in [-0.4, -0.2) is 17.2 Å². The molecule has 0 saturated heterocycles. The minimum absolute atomic E-state index is 0.123. The molecule has 0 fully saturated rings. The Hall–Kier alpha value is -1.43. The van der Waals surface area contributed by atoms with E-state index in [1.165, 1.54) is 13.0 Å². The zero-order valence-corrected chi connectivity index (χ0v) is 8.78. The second-order valence-electron chi connectivity index (χ2n) is 3.08. The summed E-state index contributed by atoms with van der Waals surface area (Å²) < 4.78 is 35.8. The van der Waals surface area contributed by atoms with Crippen molar-refractivity contribution in [1.82, 2.24) is 0 Å². The van der Waals surface area contributed by atoms with Crippen LogP contribution in [-0.2, 0) is 4.79 Å². The first kappa shape index (κ1) is 12.6. The molecular formula is C9H7ClF3NO2. The molecule has 1 aromatic carbocycles. The van der Waals surface area contributed by atoms with Gasteiger partial charge in [0.05, 0.1) is 5.02 Å². The minimum Gasteiger partial charge on any atom is -0.506 e. The zero-order chi connectivity index (χ0) is 12.5. The van der Waals surface area contributed by atoms with Crippen molar-refractivity contribution >= 4 is 23.2 Å². The Morgan fingerprint density at radius 1 is 1.44 bits per heavy atom. The zero-order valence-electron chi connectivity index (χ0n) is 8.02. The molecule has 0 aromatic heterocycles. The summed E-state index contributed by atoms with van der Waals surface area (Å²) in [6.07, 6.45) is -4.96. The van der Waals surface area contributed by atoms with Gasteiger partial charge in [0.15, 0.2) is 0 Å². The summed E-state index contributed by atoms with van der Waals surface area (Å²) >= 11 is 5.53. The van der Waals surface area contributed by atoms with E-state index in [2.05, 4.69) is 0 Å². The largest absolute Gasteiger partial charge is 0.506 e. The molecule has 0 spiro atoms. The Morgan fingerprint density at radius 3 is 2.44 bits per heavy atom. The molecule has 0 heterocycles. The summed E-state index contributed by atoms with van der Waals surface area (Å²) in [7, 11) is 0. The predicted octanol–water partition coefficient (Wildman–Crippen LogP) is 2.85. The fourth-order valence-corrected chi connectivity index (χ4v) is 1.28. The van der Waals surface area contributed by atoms with Gasteiger partial charge in [-0.25, -0.2) is 0 Å². The molecule has 0 radical (unpaired) electrons. The SMILES string of the molecule is Cc1cc(NC(=O)C(F)(F)F)cc(Cl)c1O. The van der Waals surface area contributed by atoms with E-state index in [-0.39, 0.29) is 22.0 Å². The smallest absolute Gasteiger partial charge is 0.471 e. The van der Waals surface area contributed by atoms with Gasteiger partial charge in [-0.1, -0.05) is 11.6 Å². The molecule has 0 aliphatic carbocycles. The summed E-state index contributed by atoms with van der Waals surface area (Å²) in [4.78, 5) is 10.6. The van der Waals surface area contributed by atoms with Gasteiger partial charge in [-0.05, 0) is 24.6 Å². The second kappa shape index (κ2) is 4.21. The Morgan fingerprint density at radius 2 is 2.00 bits per heavy atom. The van der Waals surface area contributed by atoms with E-state index < -0.39 is 12.1 Å². The molecule has 7 heteroatoms. The summed E-state index contributed by atoms with van der Waals surface area (Å²) in [5.74, 6) is -2.32. The van der Waals surface area contributed by atoms with E-state index in [1.807, 2.05) is 0 Å². The number of phenols is 1. The first-order valence-electron chi connectivity index (χ1n) is 4.09. The van der Waals surface area contributed by atoms with Crippen molar-refractivity contribution in [2.24, 2.45) is 0 Å². The quantitative estimate of drug-likeness (QED) is 0.756. The minimum atomic E-state index is -4.96. The highest BCUT2D eigenvalue weighted by molar-refractivity contribution is 6.32. The molecular weight excluding hydrogens is 247 g/mol. The van der Waals surface area contributed by atoms with Crippen LogP contribution in [0, 0.1) is 6.92 Å². The third-order valence-electron chi connectivity index (χ3n) is 1.77. The van der Waals surface area contributed by atoms with Gasteiger partial charge in [0.2, 0.25) is 0 Å². The molecule has 0 saturated carbocycles. The number of aromatic hydroxyl groups is 1. The van der Waals surface area contributed by atoms with E-state index in [1.54, 1.807) is 5.32 Å². The van der Waals surface area contributed by atoms with Crippen molar-refractivity contribution in [3.8, 4) is 5.75 Å². The lowest BCUT2D eigenvalue weighted by molar-refractivity contribution is -0.167. The number of carbonyl (C=O) groups is 1. The normalized spacial score (nSPS) is 11.3. The van der Waals surface area contributed by atoms with E-state index in [9.17, 15) is 23.1 Å². The maximum absolute atomic E-state index is 11.9. The lowest BCUT2D eigenvalue weighted by atomic mass is 10.2. The van der Waals surface area contributed by atoms with Crippen molar-refractivity contribution in [2.45, 2.75) is 13.1 Å². The van der Waals surface area contributed by atoms with E-state index in [0.717, 1.165) is 6.07 Å². The van der Waals surface area contributed by atoms with Crippen LogP contribution in [0.3, 0.4) is 0 Å². The molecule has 0 aliphatic rings. The monoisotopic (exact) mass is 253 g/mol. The first-order chi connectivity index (χ1) is 7.21. The number of hydrogen-bond donors (Lipinski definition) is 2. The van der Waals surface area contributed by atoms with Crippen LogP contribution in [0.15, 0.2) is 12.1 Å². The van der Waals surface area contributed by atoms with Crippen molar-refractivity contribution in [1.29, 1.82) is 0 Å². The molecule has 1 amide bonds. The van der Waals surface area contributed by atoms with Crippen LogP contribution in [0.1, 0.15) is 5.56 Å². The van der Waals surface area contributed by atoms with Crippen LogP contribution in [0.25, 0.3) is 0 Å². The Kier molecular flexibility index (Phi) is 3.32. The number of amides is 1. The third-order valence-corrected chi connectivity index (χ3v) is 2.06. The summed E-state index contributed by atoms with van der Waals surface area (Å²) in [6.45, 7) is 1.45. The topological polar surface area (TPSA) is 49.3 Å². The number of halogens is 4. The van der Waals surface area contributed by atoms with E-state index >= 15 is 0 Å². The number of carbonyl (C=O) groups excluding carboxylic acids is 1. The maximum atomic E-state index is 11.9. The Balaban J connectivity index is 2.96. The summed E-state index contributed by atoms with van der Waals surface area (Å²) in [5.41, 5.74) is 0.146. The molecule has 0 aliphatic heterocycles. The van der Waals surface area contributed by atoms with Gasteiger partial charge in [-0.2, -0.15) is 13.2 Å². The van der Waals surface area contributed by atoms with Gasteiger partial charge in [0, 0.05) is 5.69 Å². The average Bonchev–Trinajstić information content (AvgIpc) is 2.12. The predicted molar refractivity (Wildman–Crippen MR) is 52.5 cm³/mol. The molecule has 0 bridgehead atoms. The molecule has 3 nitrogen and oxygen atoms in total. The average molecular weight is 254 g/mol.